The van der Waals surface area contributed by atoms with Crippen molar-refractivity contribution in [1.82, 2.24) is 0 Å². The number of rotatable bonds is 6. The number of aryl methyl sites for hydroxylation is 1. The van der Waals surface area contributed by atoms with Crippen LogP contribution in [0.25, 0.3) is 0 Å². The summed E-state index contributed by atoms with van der Waals surface area (Å²) in [5, 5.41) is 12.0. The van der Waals surface area contributed by atoms with Crippen LogP contribution in [0.15, 0.2) is 42.5 Å². The second kappa shape index (κ2) is 7.40. The van der Waals surface area contributed by atoms with Crippen molar-refractivity contribution in [3.8, 4) is 0 Å². The van der Waals surface area contributed by atoms with E-state index >= 15 is 0 Å². The zero-order chi connectivity index (χ0) is 20.4. The summed E-state index contributed by atoms with van der Waals surface area (Å²) in [6.07, 6.45) is 1.01. The monoisotopic (exact) mass is 390 g/mol. The molecule has 0 aliphatic heterocycles. The summed E-state index contributed by atoms with van der Waals surface area (Å²) in [4.78, 5) is 23.9. The van der Waals surface area contributed by atoms with Crippen LogP contribution in [0.3, 0.4) is 0 Å². The number of amides is 1. The van der Waals surface area contributed by atoms with E-state index in [2.05, 4.69) is 10.0 Å². The van der Waals surface area contributed by atoms with Crippen LogP contribution in [0.2, 0.25) is 0 Å². The number of benzene rings is 2. The lowest BCUT2D eigenvalue weighted by atomic mass is 9.85. The van der Waals surface area contributed by atoms with Gasteiger partial charge in [-0.05, 0) is 50.6 Å². The van der Waals surface area contributed by atoms with Gasteiger partial charge in [-0.3, -0.25) is 14.3 Å². The molecule has 0 unspecified atom stereocenters. The number of carbonyl (C=O) groups is 2. The Morgan fingerprint density at radius 3 is 2.15 bits per heavy atom. The largest absolute Gasteiger partial charge is 0.481 e. The van der Waals surface area contributed by atoms with Crippen LogP contribution >= 0.6 is 0 Å². The molecule has 144 valence electrons. The van der Waals surface area contributed by atoms with Gasteiger partial charge in [0.2, 0.25) is 10.0 Å². The van der Waals surface area contributed by atoms with Crippen molar-refractivity contribution in [2.45, 2.75) is 26.2 Å². The van der Waals surface area contributed by atoms with Gasteiger partial charge in [-0.2, -0.15) is 0 Å². The normalized spacial score (nSPS) is 11.7. The number of nitrogens with one attached hydrogen (secondary N) is 2. The predicted octanol–water partition coefficient (Wildman–Crippen LogP) is 2.98. The second-order valence-electron chi connectivity index (χ2n) is 6.88. The summed E-state index contributed by atoms with van der Waals surface area (Å²) in [6.45, 7) is 4.99. The summed E-state index contributed by atoms with van der Waals surface area (Å²) in [5.74, 6) is -1.43. The lowest BCUT2D eigenvalue weighted by molar-refractivity contribution is -0.142. The molecule has 7 nitrogen and oxygen atoms in total. The predicted molar refractivity (Wildman–Crippen MR) is 105 cm³/mol. The molecule has 2 aromatic rings. The molecule has 0 heterocycles. The third-order valence-corrected chi connectivity index (χ3v) is 4.70. The first kappa shape index (κ1) is 20.4. The highest BCUT2D eigenvalue weighted by atomic mass is 32.2. The Morgan fingerprint density at radius 2 is 1.63 bits per heavy atom. The fourth-order valence-electron chi connectivity index (χ4n) is 2.43. The van der Waals surface area contributed by atoms with E-state index in [1.807, 2.05) is 0 Å². The van der Waals surface area contributed by atoms with Gasteiger partial charge in [0, 0.05) is 5.69 Å². The van der Waals surface area contributed by atoms with Crippen LogP contribution in [-0.4, -0.2) is 31.7 Å². The van der Waals surface area contributed by atoms with Crippen molar-refractivity contribution >= 4 is 33.3 Å². The molecule has 3 N–H and O–H groups in total. The van der Waals surface area contributed by atoms with Crippen molar-refractivity contribution < 1.29 is 23.1 Å². The van der Waals surface area contributed by atoms with E-state index in [1.54, 1.807) is 57.2 Å². The SMILES string of the molecule is Cc1ccc(NS(C)(=O)=O)c(C(=O)Nc2ccc(C(C)(C)C(=O)O)cc2)c1. The van der Waals surface area contributed by atoms with E-state index in [9.17, 15) is 23.1 Å². The number of carboxylic acid groups (broad SMARTS) is 1. The minimum atomic E-state index is -3.53. The smallest absolute Gasteiger partial charge is 0.313 e. The number of aliphatic carboxylic acids is 1. The number of hydrogen-bond donors (Lipinski definition) is 3. The van der Waals surface area contributed by atoms with E-state index in [1.165, 1.54) is 6.07 Å². The third-order valence-electron chi connectivity index (χ3n) is 4.11. The lowest BCUT2D eigenvalue weighted by Crippen LogP contribution is -2.28. The second-order valence-corrected chi connectivity index (χ2v) is 8.63. The van der Waals surface area contributed by atoms with Crippen LogP contribution in [0.5, 0.6) is 0 Å². The first-order valence-corrected chi connectivity index (χ1v) is 10.0. The van der Waals surface area contributed by atoms with Crippen LogP contribution in [0, 0.1) is 6.92 Å². The molecule has 0 aliphatic rings. The van der Waals surface area contributed by atoms with Gasteiger partial charge in [0.15, 0.2) is 0 Å². The van der Waals surface area contributed by atoms with Crippen LogP contribution in [0.4, 0.5) is 11.4 Å². The number of carbonyl (C=O) groups excluding carboxylic acids is 1. The van der Waals surface area contributed by atoms with E-state index in [0.29, 0.717) is 11.3 Å². The van der Waals surface area contributed by atoms with Gasteiger partial charge >= 0.3 is 5.97 Å². The molecule has 0 bridgehead atoms. The Kier molecular flexibility index (Phi) is 5.60. The van der Waals surface area contributed by atoms with Crippen LogP contribution < -0.4 is 10.0 Å². The summed E-state index contributed by atoms with van der Waals surface area (Å²) in [6, 6.07) is 11.3. The van der Waals surface area contributed by atoms with E-state index < -0.39 is 27.3 Å². The van der Waals surface area contributed by atoms with Gasteiger partial charge in [0.25, 0.3) is 5.91 Å². The molecule has 8 heteroatoms. The molecule has 0 saturated heterocycles. The van der Waals surface area contributed by atoms with Gasteiger partial charge < -0.3 is 10.4 Å². The molecule has 2 rings (SSSR count). The Labute approximate surface area is 158 Å². The maximum Gasteiger partial charge on any atom is 0.313 e. The van der Waals surface area contributed by atoms with Gasteiger partial charge in [0.05, 0.1) is 22.9 Å². The first-order valence-electron chi connectivity index (χ1n) is 8.14. The maximum atomic E-state index is 12.6. The topological polar surface area (TPSA) is 113 Å². The number of sulfonamides is 1. The van der Waals surface area contributed by atoms with Gasteiger partial charge in [0.1, 0.15) is 0 Å². The Hall–Kier alpha value is -2.87. The van der Waals surface area contributed by atoms with E-state index in [0.717, 1.165) is 11.8 Å². The molecule has 2 aromatic carbocycles. The molecule has 1 amide bonds. The molecule has 0 atom stereocenters. The fraction of sp³-hybridized carbons (Fsp3) is 0.263. The minimum absolute atomic E-state index is 0.184. The van der Waals surface area contributed by atoms with E-state index in [4.69, 9.17) is 0 Å². The van der Waals surface area contributed by atoms with Gasteiger partial charge in [-0.1, -0.05) is 23.8 Å². The van der Waals surface area contributed by atoms with Crippen LogP contribution in [-0.2, 0) is 20.2 Å². The molecule has 0 spiro atoms. The van der Waals surface area contributed by atoms with Gasteiger partial charge in [-0.15, -0.1) is 0 Å². The summed E-state index contributed by atoms with van der Waals surface area (Å²) < 4.78 is 25.4. The van der Waals surface area contributed by atoms with Crippen molar-refractivity contribution in [3.63, 3.8) is 0 Å². The average molecular weight is 390 g/mol. The van der Waals surface area contributed by atoms with Crippen molar-refractivity contribution in [3.05, 3.63) is 59.2 Å². The Morgan fingerprint density at radius 1 is 1.04 bits per heavy atom. The van der Waals surface area contributed by atoms with Crippen molar-refractivity contribution in [2.24, 2.45) is 0 Å². The molecule has 0 aromatic heterocycles. The van der Waals surface area contributed by atoms with Crippen molar-refractivity contribution in [1.29, 1.82) is 0 Å². The third kappa shape index (κ3) is 5.07. The number of hydrogen-bond acceptors (Lipinski definition) is 4. The molecule has 27 heavy (non-hydrogen) atoms. The highest BCUT2D eigenvalue weighted by Crippen LogP contribution is 2.25. The molecule has 0 saturated carbocycles. The Bertz CT molecular complexity index is 980. The summed E-state index contributed by atoms with van der Waals surface area (Å²) in [7, 11) is -3.53. The molecular weight excluding hydrogens is 368 g/mol. The quantitative estimate of drug-likeness (QED) is 0.702. The highest BCUT2D eigenvalue weighted by molar-refractivity contribution is 7.92. The molecule has 0 fully saturated rings. The highest BCUT2D eigenvalue weighted by Gasteiger charge is 2.29. The van der Waals surface area contributed by atoms with Crippen LogP contribution in [0.1, 0.15) is 35.3 Å². The Balaban J connectivity index is 2.28. The zero-order valence-electron chi connectivity index (χ0n) is 15.5. The molecular formula is C19H22N2O5S. The number of anilines is 2. The molecule has 0 aliphatic carbocycles. The lowest BCUT2D eigenvalue weighted by Gasteiger charge is -2.20. The standard InChI is InChI=1S/C19H22N2O5S/c1-12-5-10-16(21-27(4,25)26)15(11-12)17(22)20-14-8-6-13(7-9-14)19(2,3)18(23)24/h5-11,21H,1-4H3,(H,20,22)(H,23,24). The maximum absolute atomic E-state index is 12.6. The summed E-state index contributed by atoms with van der Waals surface area (Å²) in [5.41, 5.74) is 1.20. The zero-order valence-corrected chi connectivity index (χ0v) is 16.3. The van der Waals surface area contributed by atoms with Gasteiger partial charge in [-0.25, -0.2) is 8.42 Å². The number of carboxylic acids is 1. The minimum Gasteiger partial charge on any atom is -0.481 e. The van der Waals surface area contributed by atoms with E-state index in [-0.39, 0.29) is 11.3 Å². The fourth-order valence-corrected chi connectivity index (χ4v) is 3.00. The average Bonchev–Trinajstić information content (AvgIpc) is 2.55. The van der Waals surface area contributed by atoms with Crippen molar-refractivity contribution in [2.75, 3.05) is 16.3 Å². The molecule has 0 radical (unpaired) electrons. The first-order chi connectivity index (χ1) is 12.4. The summed E-state index contributed by atoms with van der Waals surface area (Å²) >= 11 is 0.